The van der Waals surface area contributed by atoms with Gasteiger partial charge in [0.15, 0.2) is 6.61 Å². The Morgan fingerprint density at radius 1 is 1.00 bits per heavy atom. The smallest absolute Gasteiger partial charge is 0.341 e. The van der Waals surface area contributed by atoms with Crippen molar-refractivity contribution >= 4 is 23.5 Å². The molecule has 1 saturated carbocycles. The molecule has 5 nitrogen and oxygen atoms in total. The molecule has 3 aromatic rings. The first kappa shape index (κ1) is 21.5. The number of carbonyl (C=O) groups is 2. The summed E-state index contributed by atoms with van der Waals surface area (Å²) in [5.74, 6) is -0.331. The number of ether oxygens (including phenoxy) is 1. The van der Waals surface area contributed by atoms with Crippen LogP contribution in [0.15, 0.2) is 72.8 Å². The number of benzene rings is 3. The molecule has 1 aliphatic carbocycles. The summed E-state index contributed by atoms with van der Waals surface area (Å²) in [4.78, 5) is 26.8. The van der Waals surface area contributed by atoms with E-state index in [2.05, 4.69) is 18.2 Å². The lowest BCUT2D eigenvalue weighted by Gasteiger charge is -2.38. The fourth-order valence-electron chi connectivity index (χ4n) is 4.89. The van der Waals surface area contributed by atoms with Crippen LogP contribution in [0.4, 0.5) is 0 Å². The minimum Gasteiger partial charge on any atom is -0.482 e. The van der Waals surface area contributed by atoms with Crippen molar-refractivity contribution in [3.8, 4) is 5.75 Å². The molecule has 0 radical (unpaired) electrons. The van der Waals surface area contributed by atoms with Crippen LogP contribution in [0.1, 0.15) is 40.6 Å². The van der Waals surface area contributed by atoms with E-state index in [9.17, 15) is 9.59 Å². The number of carbonyl (C=O) groups excluding carboxylic acids is 1. The van der Waals surface area contributed by atoms with E-state index >= 15 is 0 Å². The fourth-order valence-corrected chi connectivity index (χ4v) is 5.07. The molecule has 1 aliphatic heterocycles. The van der Waals surface area contributed by atoms with Crippen molar-refractivity contribution in [3.05, 3.63) is 100 Å². The lowest BCUT2D eigenvalue weighted by atomic mass is 9.87. The maximum atomic E-state index is 13.8. The Morgan fingerprint density at radius 2 is 1.76 bits per heavy atom. The van der Waals surface area contributed by atoms with Crippen molar-refractivity contribution in [3.63, 3.8) is 0 Å². The Labute approximate surface area is 197 Å². The average molecular weight is 462 g/mol. The van der Waals surface area contributed by atoms with Gasteiger partial charge in [-0.1, -0.05) is 66.2 Å². The van der Waals surface area contributed by atoms with Crippen molar-refractivity contribution in [2.24, 2.45) is 5.92 Å². The predicted octanol–water partition coefficient (Wildman–Crippen LogP) is 5.08. The lowest BCUT2D eigenvalue weighted by molar-refractivity contribution is -0.139. The number of fused-ring (bicyclic) bond motifs is 1. The second-order valence-corrected chi connectivity index (χ2v) is 9.04. The van der Waals surface area contributed by atoms with Crippen LogP contribution >= 0.6 is 11.6 Å². The topological polar surface area (TPSA) is 66.8 Å². The van der Waals surface area contributed by atoms with E-state index in [1.807, 2.05) is 41.3 Å². The molecule has 6 heteroatoms. The number of carboxylic acid groups (broad SMARTS) is 1. The summed E-state index contributed by atoms with van der Waals surface area (Å²) < 4.78 is 5.62. The van der Waals surface area contributed by atoms with Gasteiger partial charge in [0.2, 0.25) is 5.91 Å². The van der Waals surface area contributed by atoms with Crippen LogP contribution in [0, 0.1) is 5.92 Å². The van der Waals surface area contributed by atoms with Crippen LogP contribution in [0.5, 0.6) is 5.75 Å². The standard InChI is InChI=1S/C27H24ClNO4/c28-19-10-11-24(33-16-25(30)31)23(14-19)26-20-9-5-4-8-18(20)12-13-29(26)27(32)22-15-21(22)17-6-2-1-3-7-17/h1-11,14,21-22,26H,12-13,15-16H2,(H,30,31)/t21-,22+,26-/m0/s1. The summed E-state index contributed by atoms with van der Waals surface area (Å²) in [6, 6.07) is 23.0. The van der Waals surface area contributed by atoms with Gasteiger partial charge < -0.3 is 14.7 Å². The largest absolute Gasteiger partial charge is 0.482 e. The third kappa shape index (κ3) is 4.33. The zero-order valence-corrected chi connectivity index (χ0v) is 18.7. The number of nitrogens with zero attached hydrogens (tertiary/aromatic N) is 1. The highest BCUT2D eigenvalue weighted by Crippen LogP contribution is 2.50. The quantitative estimate of drug-likeness (QED) is 0.555. The number of amides is 1. The minimum absolute atomic E-state index is 0.0530. The number of hydrogen-bond donors (Lipinski definition) is 1. The molecule has 0 bridgehead atoms. The monoisotopic (exact) mass is 461 g/mol. The maximum absolute atomic E-state index is 13.8. The molecule has 0 unspecified atom stereocenters. The minimum atomic E-state index is -1.06. The summed E-state index contributed by atoms with van der Waals surface area (Å²) in [6.07, 6.45) is 1.61. The summed E-state index contributed by atoms with van der Waals surface area (Å²) in [6.45, 7) is 0.124. The highest BCUT2D eigenvalue weighted by molar-refractivity contribution is 6.30. The highest BCUT2D eigenvalue weighted by Gasteiger charge is 2.48. The lowest BCUT2D eigenvalue weighted by Crippen LogP contribution is -2.41. The number of hydrogen-bond acceptors (Lipinski definition) is 3. The highest BCUT2D eigenvalue weighted by atomic mass is 35.5. The predicted molar refractivity (Wildman–Crippen MR) is 126 cm³/mol. The first-order valence-electron chi connectivity index (χ1n) is 11.1. The average Bonchev–Trinajstić information content (AvgIpc) is 3.63. The van der Waals surface area contributed by atoms with Gasteiger partial charge in [-0.15, -0.1) is 0 Å². The van der Waals surface area contributed by atoms with Gasteiger partial charge in [0.05, 0.1) is 6.04 Å². The van der Waals surface area contributed by atoms with E-state index in [1.54, 1.807) is 18.2 Å². The van der Waals surface area contributed by atoms with Gasteiger partial charge in [-0.3, -0.25) is 4.79 Å². The Hall–Kier alpha value is -3.31. The van der Waals surface area contributed by atoms with Crippen molar-refractivity contribution in [1.29, 1.82) is 0 Å². The normalized spacial score (nSPS) is 21.2. The van der Waals surface area contributed by atoms with Gasteiger partial charge in [-0.25, -0.2) is 4.79 Å². The van der Waals surface area contributed by atoms with E-state index in [0.29, 0.717) is 22.9 Å². The first-order chi connectivity index (χ1) is 16.0. The van der Waals surface area contributed by atoms with E-state index in [1.165, 1.54) is 11.1 Å². The third-order valence-corrected chi connectivity index (χ3v) is 6.75. The number of rotatable bonds is 6. The van der Waals surface area contributed by atoms with Crippen LogP contribution in [0.2, 0.25) is 5.02 Å². The van der Waals surface area contributed by atoms with E-state index in [4.69, 9.17) is 21.4 Å². The summed E-state index contributed by atoms with van der Waals surface area (Å²) in [7, 11) is 0. The molecule has 0 aromatic heterocycles. The maximum Gasteiger partial charge on any atom is 0.341 e. The third-order valence-electron chi connectivity index (χ3n) is 6.52. The van der Waals surface area contributed by atoms with E-state index < -0.39 is 12.6 Å². The number of aliphatic carboxylic acids is 1. The summed E-state index contributed by atoms with van der Waals surface area (Å²) in [5.41, 5.74) is 4.10. The van der Waals surface area contributed by atoms with E-state index in [-0.39, 0.29) is 23.8 Å². The van der Waals surface area contributed by atoms with Crippen molar-refractivity contribution < 1.29 is 19.4 Å². The van der Waals surface area contributed by atoms with Gasteiger partial charge in [0.25, 0.3) is 0 Å². The number of halogens is 1. The van der Waals surface area contributed by atoms with Crippen LogP contribution in [0.3, 0.4) is 0 Å². The van der Waals surface area contributed by atoms with Crippen LogP contribution < -0.4 is 4.74 Å². The van der Waals surface area contributed by atoms with E-state index in [0.717, 1.165) is 18.4 Å². The molecule has 1 heterocycles. The van der Waals surface area contributed by atoms with Gasteiger partial charge >= 0.3 is 5.97 Å². The van der Waals surface area contributed by atoms with Gasteiger partial charge in [0.1, 0.15) is 5.75 Å². The van der Waals surface area contributed by atoms with Gasteiger partial charge in [0, 0.05) is 23.0 Å². The van der Waals surface area contributed by atoms with Crippen LogP contribution in [0.25, 0.3) is 0 Å². The Morgan fingerprint density at radius 3 is 2.55 bits per heavy atom. The molecule has 5 rings (SSSR count). The first-order valence-corrected chi connectivity index (χ1v) is 11.5. The number of carboxylic acids is 1. The zero-order valence-electron chi connectivity index (χ0n) is 18.0. The van der Waals surface area contributed by atoms with Crippen molar-refractivity contribution in [1.82, 2.24) is 4.90 Å². The molecule has 33 heavy (non-hydrogen) atoms. The molecule has 1 amide bonds. The van der Waals surface area contributed by atoms with Crippen molar-refractivity contribution in [2.75, 3.05) is 13.2 Å². The Balaban J connectivity index is 1.52. The molecular formula is C27H24ClNO4. The van der Waals surface area contributed by atoms with Gasteiger partial charge in [-0.2, -0.15) is 0 Å². The Kier molecular flexibility index (Phi) is 5.81. The second kappa shape index (κ2) is 8.91. The molecule has 0 saturated heterocycles. The fraction of sp³-hybridized carbons (Fsp3) is 0.259. The molecule has 3 atom stereocenters. The zero-order chi connectivity index (χ0) is 22.9. The SMILES string of the molecule is O=C(O)COc1ccc(Cl)cc1[C@@H]1c2ccccc2CCN1C(=O)[C@@H]1C[C@H]1c1ccccc1. The molecule has 168 valence electrons. The van der Waals surface area contributed by atoms with Crippen LogP contribution in [-0.2, 0) is 16.0 Å². The van der Waals surface area contributed by atoms with Gasteiger partial charge in [-0.05, 0) is 53.6 Å². The molecule has 2 aliphatic rings. The van der Waals surface area contributed by atoms with Crippen LogP contribution in [-0.4, -0.2) is 35.0 Å². The molecule has 0 spiro atoms. The molecular weight excluding hydrogens is 438 g/mol. The molecule has 3 aromatic carbocycles. The second-order valence-electron chi connectivity index (χ2n) is 8.61. The van der Waals surface area contributed by atoms with Crippen molar-refractivity contribution in [2.45, 2.75) is 24.8 Å². The Bertz CT molecular complexity index is 1200. The summed E-state index contributed by atoms with van der Waals surface area (Å²) in [5, 5.41) is 9.64. The molecule has 1 fully saturated rings. The summed E-state index contributed by atoms with van der Waals surface area (Å²) >= 11 is 6.36. The molecule has 1 N–H and O–H groups in total.